The van der Waals surface area contributed by atoms with Crippen LogP contribution in [0.5, 0.6) is 5.75 Å². The van der Waals surface area contributed by atoms with Crippen LogP contribution in [0.2, 0.25) is 0 Å². The molecule has 0 N–H and O–H groups in total. The number of nitrogens with zero attached hydrogens (tertiary/aromatic N) is 3. The van der Waals surface area contributed by atoms with Gasteiger partial charge in [0.2, 0.25) is 0 Å². The zero-order valence-corrected chi connectivity index (χ0v) is 19.3. The molecule has 0 spiro atoms. The summed E-state index contributed by atoms with van der Waals surface area (Å²) >= 11 is 0. The van der Waals surface area contributed by atoms with Crippen molar-refractivity contribution in [2.24, 2.45) is 5.92 Å². The fourth-order valence-electron chi connectivity index (χ4n) is 4.71. The van der Waals surface area contributed by atoms with Crippen LogP contribution < -0.4 is 4.74 Å². The molecule has 0 unspecified atom stereocenters. The molecule has 0 aromatic heterocycles. The van der Waals surface area contributed by atoms with E-state index >= 15 is 0 Å². The van der Waals surface area contributed by atoms with E-state index in [4.69, 9.17) is 9.47 Å². The zero-order valence-electron chi connectivity index (χ0n) is 19.3. The van der Waals surface area contributed by atoms with Crippen LogP contribution in [0.4, 0.5) is 0 Å². The molecule has 1 aromatic carbocycles. The number of piperidine rings is 1. The van der Waals surface area contributed by atoms with Gasteiger partial charge in [-0.1, -0.05) is 19.1 Å². The van der Waals surface area contributed by atoms with E-state index in [1.54, 1.807) is 0 Å². The number of rotatable bonds is 8. The molecule has 3 aliphatic heterocycles. The summed E-state index contributed by atoms with van der Waals surface area (Å²) in [5.74, 6) is 1.10. The Morgan fingerprint density at radius 1 is 0.969 bits per heavy atom. The van der Waals surface area contributed by atoms with Gasteiger partial charge in [0.05, 0.1) is 25.4 Å². The van der Waals surface area contributed by atoms with Gasteiger partial charge in [-0.25, -0.2) is 0 Å². The van der Waals surface area contributed by atoms with Crippen LogP contribution >= 0.6 is 0 Å². The molecule has 32 heavy (non-hydrogen) atoms. The highest BCUT2D eigenvalue weighted by atomic mass is 16.5. The Kier molecular flexibility index (Phi) is 7.48. The molecule has 0 aliphatic carbocycles. The molecule has 2 amide bonds. The van der Waals surface area contributed by atoms with E-state index in [-0.39, 0.29) is 11.8 Å². The summed E-state index contributed by atoms with van der Waals surface area (Å²) in [5, 5.41) is 0. The number of hydrogen-bond donors (Lipinski definition) is 0. The standard InChI is InChI=1S/C25H35N3O4/c1-3-32-21-7-5-20(6-8-21)22-23(27-13-9-19(2)10-14-27)25(30)28(24(22)29)12-4-11-26-15-17-31-18-16-26/h5-8,19H,3-4,9-18H2,1-2H3. The summed E-state index contributed by atoms with van der Waals surface area (Å²) in [7, 11) is 0. The molecular weight excluding hydrogens is 406 g/mol. The van der Waals surface area contributed by atoms with Crippen LogP contribution in [-0.4, -0.2) is 85.6 Å². The van der Waals surface area contributed by atoms with Gasteiger partial charge in [-0.3, -0.25) is 19.4 Å². The summed E-state index contributed by atoms with van der Waals surface area (Å²) < 4.78 is 11.0. The lowest BCUT2D eigenvalue weighted by atomic mass is 9.97. The van der Waals surface area contributed by atoms with Crippen molar-refractivity contribution in [3.63, 3.8) is 0 Å². The summed E-state index contributed by atoms with van der Waals surface area (Å²) in [6.45, 7) is 11.1. The Morgan fingerprint density at radius 2 is 1.66 bits per heavy atom. The van der Waals surface area contributed by atoms with Gasteiger partial charge in [-0.2, -0.15) is 0 Å². The Morgan fingerprint density at radius 3 is 2.31 bits per heavy atom. The largest absolute Gasteiger partial charge is 0.494 e. The van der Waals surface area contributed by atoms with E-state index < -0.39 is 0 Å². The summed E-state index contributed by atoms with van der Waals surface area (Å²) in [6, 6.07) is 7.55. The number of benzene rings is 1. The summed E-state index contributed by atoms with van der Waals surface area (Å²) in [4.78, 5) is 32.9. The highest BCUT2D eigenvalue weighted by Gasteiger charge is 2.41. The van der Waals surface area contributed by atoms with Gasteiger partial charge < -0.3 is 14.4 Å². The third-order valence-corrected chi connectivity index (χ3v) is 6.66. The lowest BCUT2D eigenvalue weighted by molar-refractivity contribution is -0.137. The van der Waals surface area contributed by atoms with Gasteiger partial charge in [-0.15, -0.1) is 0 Å². The van der Waals surface area contributed by atoms with Crippen molar-refractivity contribution in [2.45, 2.75) is 33.1 Å². The molecule has 0 radical (unpaired) electrons. The quantitative estimate of drug-likeness (QED) is 0.578. The molecule has 2 saturated heterocycles. The Hall–Kier alpha value is -2.38. The predicted molar refractivity (Wildman–Crippen MR) is 123 cm³/mol. The van der Waals surface area contributed by atoms with E-state index in [0.717, 1.165) is 76.5 Å². The number of hydrogen-bond acceptors (Lipinski definition) is 6. The molecule has 7 heteroatoms. The molecule has 3 aliphatic rings. The third-order valence-electron chi connectivity index (χ3n) is 6.66. The number of likely N-dealkylation sites (tertiary alicyclic amines) is 1. The van der Waals surface area contributed by atoms with Crippen molar-refractivity contribution in [1.82, 2.24) is 14.7 Å². The maximum Gasteiger partial charge on any atom is 0.277 e. The monoisotopic (exact) mass is 441 g/mol. The second kappa shape index (κ2) is 10.5. The second-order valence-corrected chi connectivity index (χ2v) is 8.92. The Balaban J connectivity index is 1.53. The molecule has 2 fully saturated rings. The van der Waals surface area contributed by atoms with Crippen LogP contribution in [-0.2, 0) is 14.3 Å². The van der Waals surface area contributed by atoms with Crippen LogP contribution in [0.15, 0.2) is 30.0 Å². The SMILES string of the molecule is CCOc1ccc(C2=C(N3CCC(C)CC3)C(=O)N(CCCN3CCOCC3)C2=O)cc1. The lowest BCUT2D eigenvalue weighted by Gasteiger charge is -2.32. The first-order valence-electron chi connectivity index (χ1n) is 12.0. The molecule has 7 nitrogen and oxygen atoms in total. The Bertz CT molecular complexity index is 837. The van der Waals surface area contributed by atoms with E-state index in [9.17, 15) is 9.59 Å². The van der Waals surface area contributed by atoms with Crippen molar-refractivity contribution in [3.05, 3.63) is 35.5 Å². The van der Waals surface area contributed by atoms with Crippen molar-refractivity contribution in [3.8, 4) is 5.75 Å². The van der Waals surface area contributed by atoms with Crippen LogP contribution in [0, 0.1) is 5.92 Å². The lowest BCUT2D eigenvalue weighted by Crippen LogP contribution is -2.41. The topological polar surface area (TPSA) is 62.3 Å². The van der Waals surface area contributed by atoms with Crippen molar-refractivity contribution < 1.29 is 19.1 Å². The average Bonchev–Trinajstić information content (AvgIpc) is 3.06. The number of morpholine rings is 1. The number of imide groups is 1. The van der Waals surface area contributed by atoms with Gasteiger partial charge in [0.25, 0.3) is 11.8 Å². The Labute approximate surface area is 190 Å². The number of ether oxygens (including phenoxy) is 2. The number of carbonyl (C=O) groups is 2. The minimum atomic E-state index is -0.172. The normalized spacial score (nSPS) is 21.1. The highest BCUT2D eigenvalue weighted by Crippen LogP contribution is 2.34. The molecule has 174 valence electrons. The number of carbonyl (C=O) groups excluding carboxylic acids is 2. The first-order valence-corrected chi connectivity index (χ1v) is 12.0. The minimum Gasteiger partial charge on any atom is -0.494 e. The molecule has 3 heterocycles. The van der Waals surface area contributed by atoms with Crippen molar-refractivity contribution >= 4 is 17.4 Å². The van der Waals surface area contributed by atoms with Gasteiger partial charge in [-0.05, 0) is 49.8 Å². The van der Waals surface area contributed by atoms with Crippen LogP contribution in [0.25, 0.3) is 5.57 Å². The van der Waals surface area contributed by atoms with Crippen LogP contribution in [0.3, 0.4) is 0 Å². The third kappa shape index (κ3) is 4.99. The first-order chi connectivity index (χ1) is 15.6. The van der Waals surface area contributed by atoms with E-state index in [1.165, 1.54) is 4.90 Å². The molecular formula is C25H35N3O4. The fraction of sp³-hybridized carbons (Fsp3) is 0.600. The maximum atomic E-state index is 13.5. The van der Waals surface area contributed by atoms with Crippen LogP contribution in [0.1, 0.15) is 38.7 Å². The fourth-order valence-corrected chi connectivity index (χ4v) is 4.71. The van der Waals surface area contributed by atoms with Gasteiger partial charge >= 0.3 is 0 Å². The van der Waals surface area contributed by atoms with Gasteiger partial charge in [0.15, 0.2) is 0 Å². The molecule has 0 saturated carbocycles. The first kappa shape index (κ1) is 22.8. The smallest absolute Gasteiger partial charge is 0.277 e. The molecule has 0 atom stereocenters. The molecule has 1 aromatic rings. The van der Waals surface area contributed by atoms with Gasteiger partial charge in [0, 0.05) is 39.3 Å². The highest BCUT2D eigenvalue weighted by molar-refractivity contribution is 6.35. The summed E-state index contributed by atoms with van der Waals surface area (Å²) in [5.41, 5.74) is 1.91. The number of amides is 2. The summed E-state index contributed by atoms with van der Waals surface area (Å²) in [6.07, 6.45) is 2.86. The average molecular weight is 442 g/mol. The molecule has 0 bridgehead atoms. The van der Waals surface area contributed by atoms with Crippen molar-refractivity contribution in [1.29, 1.82) is 0 Å². The minimum absolute atomic E-state index is 0.143. The maximum absolute atomic E-state index is 13.5. The molecule has 4 rings (SSSR count). The van der Waals surface area contributed by atoms with E-state index in [2.05, 4.69) is 16.7 Å². The van der Waals surface area contributed by atoms with E-state index in [0.29, 0.717) is 30.3 Å². The second-order valence-electron chi connectivity index (χ2n) is 8.92. The zero-order chi connectivity index (χ0) is 22.5. The van der Waals surface area contributed by atoms with Crippen molar-refractivity contribution in [2.75, 3.05) is 59.1 Å². The van der Waals surface area contributed by atoms with E-state index in [1.807, 2.05) is 31.2 Å². The predicted octanol–water partition coefficient (Wildman–Crippen LogP) is 2.62. The van der Waals surface area contributed by atoms with Gasteiger partial charge in [0.1, 0.15) is 11.4 Å².